The molecule has 0 heterocycles. The van der Waals surface area contributed by atoms with Crippen molar-refractivity contribution in [2.75, 3.05) is 6.54 Å². The minimum atomic E-state index is -0.805. The highest BCUT2D eigenvalue weighted by Crippen LogP contribution is 2.26. The minimum absolute atomic E-state index is 0. The zero-order valence-electron chi connectivity index (χ0n) is 8.73. The Morgan fingerprint density at radius 3 is 2.56 bits per heavy atom. The molecule has 0 spiro atoms. The average Bonchev–Trinajstić information content (AvgIpc) is 2.21. The molecule has 1 unspecified atom stereocenters. The quantitative estimate of drug-likeness (QED) is 0.859. The normalized spacial score (nSPS) is 11.6. The van der Waals surface area contributed by atoms with Crippen molar-refractivity contribution < 1.29 is 9.90 Å². The molecule has 0 radical (unpaired) electrons. The molecule has 0 amide bonds. The lowest BCUT2D eigenvalue weighted by molar-refractivity contribution is -0.137. The number of carboxylic acids is 1. The maximum Gasteiger partial charge on any atom is 0.303 e. The van der Waals surface area contributed by atoms with Gasteiger partial charge in [0.1, 0.15) is 0 Å². The highest BCUT2D eigenvalue weighted by atomic mass is 35.5. The molecule has 0 aliphatic rings. The van der Waals surface area contributed by atoms with Crippen molar-refractivity contribution in [1.82, 2.24) is 0 Å². The first-order chi connectivity index (χ1) is 7.15. The van der Waals surface area contributed by atoms with E-state index in [9.17, 15) is 4.79 Å². The van der Waals surface area contributed by atoms with Crippen LogP contribution in [-0.2, 0) is 4.79 Å². The third-order valence-corrected chi connectivity index (χ3v) is 2.68. The van der Waals surface area contributed by atoms with Crippen LogP contribution in [0, 0.1) is 0 Å². The van der Waals surface area contributed by atoms with Crippen LogP contribution in [-0.4, -0.2) is 17.6 Å². The molecule has 90 valence electrons. The van der Waals surface area contributed by atoms with E-state index in [4.69, 9.17) is 22.4 Å². The summed E-state index contributed by atoms with van der Waals surface area (Å²) in [6.45, 7) is 0.414. The second kappa shape index (κ2) is 7.49. The summed E-state index contributed by atoms with van der Waals surface area (Å²) >= 11 is 6.01. The molecule has 0 aliphatic heterocycles. The van der Waals surface area contributed by atoms with Crippen molar-refractivity contribution >= 4 is 30.0 Å². The van der Waals surface area contributed by atoms with E-state index in [-0.39, 0.29) is 24.7 Å². The van der Waals surface area contributed by atoms with Gasteiger partial charge in [-0.15, -0.1) is 12.4 Å². The summed E-state index contributed by atoms with van der Waals surface area (Å²) < 4.78 is 0. The third kappa shape index (κ3) is 4.39. The fourth-order valence-electron chi connectivity index (χ4n) is 1.50. The van der Waals surface area contributed by atoms with Crippen molar-refractivity contribution in [1.29, 1.82) is 0 Å². The van der Waals surface area contributed by atoms with Gasteiger partial charge in [-0.25, -0.2) is 0 Å². The van der Waals surface area contributed by atoms with E-state index in [1.165, 1.54) is 0 Å². The Balaban J connectivity index is 0.00000225. The Labute approximate surface area is 106 Å². The average molecular weight is 264 g/mol. The van der Waals surface area contributed by atoms with Crippen LogP contribution in [0.2, 0.25) is 5.02 Å². The topological polar surface area (TPSA) is 63.3 Å². The predicted octanol–water partition coefficient (Wildman–Crippen LogP) is 2.67. The number of nitrogens with two attached hydrogens (primary N) is 1. The summed E-state index contributed by atoms with van der Waals surface area (Å²) in [6, 6.07) is 7.41. The summed E-state index contributed by atoms with van der Waals surface area (Å²) in [4.78, 5) is 10.5. The molecule has 3 nitrogen and oxygen atoms in total. The van der Waals surface area contributed by atoms with Crippen LogP contribution in [0.5, 0.6) is 0 Å². The molecule has 16 heavy (non-hydrogen) atoms. The highest BCUT2D eigenvalue weighted by molar-refractivity contribution is 6.31. The first-order valence-electron chi connectivity index (χ1n) is 4.81. The molecular weight excluding hydrogens is 249 g/mol. The van der Waals surface area contributed by atoms with Gasteiger partial charge in [-0.2, -0.15) is 0 Å². The van der Waals surface area contributed by atoms with Gasteiger partial charge in [-0.1, -0.05) is 29.8 Å². The van der Waals surface area contributed by atoms with Gasteiger partial charge >= 0.3 is 5.97 Å². The molecule has 1 aromatic carbocycles. The molecule has 1 rings (SSSR count). The lowest BCUT2D eigenvalue weighted by Crippen LogP contribution is -2.14. The molecule has 5 heteroatoms. The summed E-state index contributed by atoms with van der Waals surface area (Å²) in [5.74, 6) is -0.782. The molecule has 0 aromatic heterocycles. The number of aliphatic carboxylic acids is 1. The SMILES string of the molecule is Cl.NCC(CCC(=O)O)c1ccccc1Cl. The number of hydrogen-bond acceptors (Lipinski definition) is 2. The Bertz CT molecular complexity index is 345. The van der Waals surface area contributed by atoms with Crippen LogP contribution in [0.4, 0.5) is 0 Å². The lowest BCUT2D eigenvalue weighted by atomic mass is 9.94. The van der Waals surface area contributed by atoms with Crippen molar-refractivity contribution in [2.24, 2.45) is 5.73 Å². The first-order valence-corrected chi connectivity index (χ1v) is 5.19. The van der Waals surface area contributed by atoms with E-state index in [2.05, 4.69) is 0 Å². The second-order valence-corrected chi connectivity index (χ2v) is 3.79. The number of carboxylic acid groups (broad SMARTS) is 1. The summed E-state index contributed by atoms with van der Waals surface area (Å²) in [7, 11) is 0. The van der Waals surface area contributed by atoms with E-state index in [1.54, 1.807) is 6.07 Å². The largest absolute Gasteiger partial charge is 0.481 e. The smallest absolute Gasteiger partial charge is 0.303 e. The number of carbonyl (C=O) groups is 1. The lowest BCUT2D eigenvalue weighted by Gasteiger charge is -2.15. The van der Waals surface area contributed by atoms with Crippen LogP contribution in [0.15, 0.2) is 24.3 Å². The van der Waals surface area contributed by atoms with Gasteiger partial charge in [-0.05, 0) is 30.5 Å². The second-order valence-electron chi connectivity index (χ2n) is 3.39. The standard InChI is InChI=1S/C11H14ClNO2.ClH/c12-10-4-2-1-3-9(10)8(7-13)5-6-11(14)15;/h1-4,8H,5-7,13H2,(H,14,15);1H. The molecule has 0 bridgehead atoms. The molecule has 0 saturated heterocycles. The summed E-state index contributed by atoms with van der Waals surface area (Å²) in [6.07, 6.45) is 0.642. The fourth-order valence-corrected chi connectivity index (χ4v) is 1.79. The molecule has 1 aromatic rings. The van der Waals surface area contributed by atoms with E-state index in [0.717, 1.165) is 5.56 Å². The fraction of sp³-hybridized carbons (Fsp3) is 0.364. The van der Waals surface area contributed by atoms with E-state index in [0.29, 0.717) is 18.0 Å². The van der Waals surface area contributed by atoms with Crippen molar-refractivity contribution in [2.45, 2.75) is 18.8 Å². The van der Waals surface area contributed by atoms with Gasteiger partial charge in [0.25, 0.3) is 0 Å². The van der Waals surface area contributed by atoms with Crippen molar-refractivity contribution in [3.8, 4) is 0 Å². The van der Waals surface area contributed by atoms with Crippen LogP contribution in [0.1, 0.15) is 24.3 Å². The molecule has 1 atom stereocenters. The number of halogens is 2. The van der Waals surface area contributed by atoms with E-state index < -0.39 is 5.97 Å². The van der Waals surface area contributed by atoms with Gasteiger partial charge in [0.2, 0.25) is 0 Å². The minimum Gasteiger partial charge on any atom is -0.481 e. The van der Waals surface area contributed by atoms with Crippen LogP contribution < -0.4 is 5.73 Å². The monoisotopic (exact) mass is 263 g/mol. The Morgan fingerprint density at radius 2 is 2.06 bits per heavy atom. The van der Waals surface area contributed by atoms with Gasteiger partial charge < -0.3 is 10.8 Å². The van der Waals surface area contributed by atoms with E-state index >= 15 is 0 Å². The predicted molar refractivity (Wildman–Crippen MR) is 67.4 cm³/mol. The third-order valence-electron chi connectivity index (χ3n) is 2.34. The van der Waals surface area contributed by atoms with Crippen LogP contribution in [0.25, 0.3) is 0 Å². The first kappa shape index (κ1) is 15.2. The molecular formula is C11H15Cl2NO2. The summed E-state index contributed by atoms with van der Waals surface area (Å²) in [5, 5.41) is 9.25. The molecule has 0 fully saturated rings. The highest BCUT2D eigenvalue weighted by Gasteiger charge is 2.13. The zero-order chi connectivity index (χ0) is 11.3. The van der Waals surface area contributed by atoms with Gasteiger partial charge in [0, 0.05) is 11.4 Å². The van der Waals surface area contributed by atoms with Gasteiger partial charge in [-0.3, -0.25) is 4.79 Å². The zero-order valence-corrected chi connectivity index (χ0v) is 10.3. The molecule has 0 aliphatic carbocycles. The number of rotatable bonds is 5. The van der Waals surface area contributed by atoms with Gasteiger partial charge in [0.05, 0.1) is 0 Å². The maximum atomic E-state index is 10.5. The Hall–Kier alpha value is -0.770. The summed E-state index contributed by atoms with van der Waals surface area (Å²) in [5.41, 5.74) is 6.54. The maximum absolute atomic E-state index is 10.5. The van der Waals surface area contributed by atoms with E-state index in [1.807, 2.05) is 18.2 Å². The molecule has 0 saturated carbocycles. The van der Waals surface area contributed by atoms with Crippen LogP contribution >= 0.6 is 24.0 Å². The number of benzene rings is 1. The van der Waals surface area contributed by atoms with Crippen LogP contribution in [0.3, 0.4) is 0 Å². The van der Waals surface area contributed by atoms with Crippen molar-refractivity contribution in [3.63, 3.8) is 0 Å². The Morgan fingerprint density at radius 1 is 1.44 bits per heavy atom. The number of hydrogen-bond donors (Lipinski definition) is 2. The van der Waals surface area contributed by atoms with Crippen molar-refractivity contribution in [3.05, 3.63) is 34.9 Å². The Kier molecular flexibility index (Phi) is 7.13. The van der Waals surface area contributed by atoms with Gasteiger partial charge in [0.15, 0.2) is 0 Å². The molecule has 3 N–H and O–H groups in total.